The highest BCUT2D eigenvalue weighted by Crippen LogP contribution is 2.35. The second-order valence-corrected chi connectivity index (χ2v) is 6.61. The molecule has 0 aliphatic heterocycles. The van der Waals surface area contributed by atoms with Crippen LogP contribution in [0.5, 0.6) is 11.5 Å². The lowest BCUT2D eigenvalue weighted by Crippen LogP contribution is -2.14. The number of benzene rings is 2. The van der Waals surface area contributed by atoms with E-state index in [0.29, 0.717) is 27.9 Å². The number of hydrogen-bond acceptors (Lipinski definition) is 7. The van der Waals surface area contributed by atoms with E-state index in [1.807, 2.05) is 11.4 Å². The monoisotopic (exact) mass is 399 g/mol. The zero-order valence-corrected chi connectivity index (χ0v) is 16.0. The first-order valence-electron chi connectivity index (χ1n) is 8.21. The topological polar surface area (TPSA) is 104 Å². The van der Waals surface area contributed by atoms with Gasteiger partial charge in [0.1, 0.15) is 11.5 Å². The fourth-order valence-electron chi connectivity index (χ4n) is 2.55. The predicted molar refractivity (Wildman–Crippen MR) is 106 cm³/mol. The lowest BCUT2D eigenvalue weighted by molar-refractivity contribution is -0.384. The van der Waals surface area contributed by atoms with Gasteiger partial charge in [0.05, 0.1) is 31.3 Å². The van der Waals surface area contributed by atoms with E-state index in [1.54, 1.807) is 38.5 Å². The number of methoxy groups -OCH3 is 2. The van der Waals surface area contributed by atoms with Gasteiger partial charge in [0.2, 0.25) is 5.91 Å². The maximum atomic E-state index is 12.2. The third kappa shape index (κ3) is 4.44. The van der Waals surface area contributed by atoms with Gasteiger partial charge in [0, 0.05) is 23.1 Å². The summed E-state index contributed by atoms with van der Waals surface area (Å²) in [6.07, 6.45) is 0.0926. The molecule has 1 heterocycles. The third-order valence-corrected chi connectivity index (χ3v) is 4.70. The van der Waals surface area contributed by atoms with Crippen LogP contribution in [0.2, 0.25) is 0 Å². The van der Waals surface area contributed by atoms with E-state index in [2.05, 4.69) is 10.3 Å². The summed E-state index contributed by atoms with van der Waals surface area (Å²) in [5, 5.41) is 15.7. The van der Waals surface area contributed by atoms with Gasteiger partial charge in [-0.2, -0.15) is 0 Å². The molecule has 2 aromatic carbocycles. The summed E-state index contributed by atoms with van der Waals surface area (Å²) in [7, 11) is 3.15. The Hall–Kier alpha value is -3.46. The van der Waals surface area contributed by atoms with Crippen LogP contribution in [0.3, 0.4) is 0 Å². The van der Waals surface area contributed by atoms with Crippen LogP contribution in [-0.2, 0) is 11.2 Å². The molecule has 8 nitrogen and oxygen atoms in total. The van der Waals surface area contributed by atoms with Crippen LogP contribution in [0.1, 0.15) is 5.56 Å². The Morgan fingerprint density at radius 2 is 1.93 bits per heavy atom. The minimum absolute atomic E-state index is 0.0130. The highest BCUT2D eigenvalue weighted by atomic mass is 32.1. The molecule has 0 atom stereocenters. The van der Waals surface area contributed by atoms with Crippen molar-refractivity contribution in [2.75, 3.05) is 19.5 Å². The number of nitro benzene ring substituents is 1. The number of carbonyl (C=O) groups excluding carboxylic acids is 1. The zero-order valence-electron chi connectivity index (χ0n) is 15.2. The van der Waals surface area contributed by atoms with Crippen LogP contribution in [0.15, 0.2) is 47.8 Å². The minimum Gasteiger partial charge on any atom is -0.497 e. The highest BCUT2D eigenvalue weighted by Gasteiger charge is 2.14. The molecule has 3 rings (SSSR count). The predicted octanol–water partition coefficient (Wildman–Crippen LogP) is 3.92. The quantitative estimate of drug-likeness (QED) is 0.477. The van der Waals surface area contributed by atoms with Crippen molar-refractivity contribution in [3.05, 3.63) is 63.5 Å². The SMILES string of the molecule is COc1ccc(OC)c(-c2csc(NC(=O)Cc3ccc([N+](=O)[O-])cc3)n2)c1. The van der Waals surface area contributed by atoms with Crippen molar-refractivity contribution in [3.8, 4) is 22.8 Å². The second kappa shape index (κ2) is 8.49. The van der Waals surface area contributed by atoms with Gasteiger partial charge in [-0.25, -0.2) is 4.98 Å². The largest absolute Gasteiger partial charge is 0.497 e. The van der Waals surface area contributed by atoms with Crippen LogP contribution in [0.25, 0.3) is 11.3 Å². The summed E-state index contributed by atoms with van der Waals surface area (Å²) in [4.78, 5) is 26.9. The first kappa shape index (κ1) is 19.3. The molecular formula is C19H17N3O5S. The minimum atomic E-state index is -0.478. The van der Waals surface area contributed by atoms with Crippen LogP contribution < -0.4 is 14.8 Å². The summed E-state index contributed by atoms with van der Waals surface area (Å²) < 4.78 is 10.6. The molecule has 0 fully saturated rings. The van der Waals surface area contributed by atoms with Gasteiger partial charge < -0.3 is 14.8 Å². The summed E-state index contributed by atoms with van der Waals surface area (Å²) in [6.45, 7) is 0. The Bertz CT molecular complexity index is 1000. The van der Waals surface area contributed by atoms with E-state index in [1.165, 1.54) is 23.5 Å². The van der Waals surface area contributed by atoms with Gasteiger partial charge >= 0.3 is 0 Å². The van der Waals surface area contributed by atoms with Crippen molar-refractivity contribution in [2.45, 2.75) is 6.42 Å². The van der Waals surface area contributed by atoms with Crippen LogP contribution in [0, 0.1) is 10.1 Å². The Labute approximate surface area is 164 Å². The molecule has 0 aliphatic rings. The number of anilines is 1. The number of nitrogens with zero attached hydrogens (tertiary/aromatic N) is 2. The van der Waals surface area contributed by atoms with E-state index in [0.717, 1.165) is 5.56 Å². The zero-order chi connectivity index (χ0) is 20.1. The van der Waals surface area contributed by atoms with Crippen LogP contribution >= 0.6 is 11.3 Å². The molecule has 0 spiro atoms. The number of rotatable bonds is 7. The first-order chi connectivity index (χ1) is 13.5. The Balaban J connectivity index is 1.70. The van der Waals surface area contributed by atoms with Gasteiger partial charge in [-0.1, -0.05) is 12.1 Å². The molecule has 0 radical (unpaired) electrons. The maximum absolute atomic E-state index is 12.2. The number of ether oxygens (including phenoxy) is 2. The smallest absolute Gasteiger partial charge is 0.269 e. The number of carbonyl (C=O) groups is 1. The first-order valence-corrected chi connectivity index (χ1v) is 9.09. The van der Waals surface area contributed by atoms with E-state index < -0.39 is 4.92 Å². The van der Waals surface area contributed by atoms with Gasteiger partial charge in [-0.3, -0.25) is 14.9 Å². The summed E-state index contributed by atoms with van der Waals surface area (Å²) in [6, 6.07) is 11.3. The normalized spacial score (nSPS) is 10.4. The van der Waals surface area contributed by atoms with Crippen molar-refractivity contribution < 1.29 is 19.2 Å². The standard InChI is InChI=1S/C19H17N3O5S/c1-26-14-7-8-17(27-2)15(10-14)16-11-28-19(20-16)21-18(23)9-12-3-5-13(6-4-12)22(24)25/h3-8,10-11H,9H2,1-2H3,(H,20,21,23). The lowest BCUT2D eigenvalue weighted by atomic mass is 10.1. The Kier molecular flexibility index (Phi) is 5.85. The molecule has 0 aliphatic carbocycles. The molecular weight excluding hydrogens is 382 g/mol. The molecule has 9 heteroatoms. The van der Waals surface area contributed by atoms with Gasteiger partial charge in [0.15, 0.2) is 5.13 Å². The fraction of sp³-hybridized carbons (Fsp3) is 0.158. The average molecular weight is 399 g/mol. The number of aromatic nitrogens is 1. The molecule has 144 valence electrons. The van der Waals surface area contributed by atoms with E-state index in [-0.39, 0.29) is 18.0 Å². The van der Waals surface area contributed by atoms with Crippen molar-refractivity contribution >= 4 is 28.1 Å². The Morgan fingerprint density at radius 3 is 2.57 bits per heavy atom. The van der Waals surface area contributed by atoms with Crippen molar-refractivity contribution in [1.29, 1.82) is 0 Å². The number of nitro groups is 1. The van der Waals surface area contributed by atoms with Gasteiger partial charge in [-0.15, -0.1) is 11.3 Å². The van der Waals surface area contributed by atoms with E-state index >= 15 is 0 Å². The summed E-state index contributed by atoms with van der Waals surface area (Å²) >= 11 is 1.29. The van der Waals surface area contributed by atoms with Gasteiger partial charge in [0.25, 0.3) is 5.69 Å². The number of hydrogen-bond donors (Lipinski definition) is 1. The molecule has 3 aromatic rings. The second-order valence-electron chi connectivity index (χ2n) is 5.75. The average Bonchev–Trinajstić information content (AvgIpc) is 3.15. The maximum Gasteiger partial charge on any atom is 0.269 e. The number of amides is 1. The molecule has 1 aromatic heterocycles. The molecule has 28 heavy (non-hydrogen) atoms. The van der Waals surface area contributed by atoms with Crippen molar-refractivity contribution in [3.63, 3.8) is 0 Å². The molecule has 1 N–H and O–H groups in total. The molecule has 0 bridgehead atoms. The lowest BCUT2D eigenvalue weighted by Gasteiger charge is -2.08. The molecule has 0 saturated heterocycles. The van der Waals surface area contributed by atoms with E-state index in [9.17, 15) is 14.9 Å². The van der Waals surface area contributed by atoms with Crippen LogP contribution in [0.4, 0.5) is 10.8 Å². The third-order valence-electron chi connectivity index (χ3n) is 3.94. The van der Waals surface area contributed by atoms with Crippen LogP contribution in [-0.4, -0.2) is 30.0 Å². The number of nitrogens with one attached hydrogen (secondary N) is 1. The highest BCUT2D eigenvalue weighted by molar-refractivity contribution is 7.14. The summed E-state index contributed by atoms with van der Waals surface area (Å²) in [5.74, 6) is 1.06. The molecule has 0 unspecified atom stereocenters. The van der Waals surface area contributed by atoms with Crippen molar-refractivity contribution in [2.24, 2.45) is 0 Å². The molecule has 1 amide bonds. The molecule has 0 saturated carbocycles. The van der Waals surface area contributed by atoms with Gasteiger partial charge in [-0.05, 0) is 23.8 Å². The summed E-state index contributed by atoms with van der Waals surface area (Å²) in [5.41, 5.74) is 2.08. The van der Waals surface area contributed by atoms with E-state index in [4.69, 9.17) is 9.47 Å². The fourth-order valence-corrected chi connectivity index (χ4v) is 3.28. The Morgan fingerprint density at radius 1 is 1.18 bits per heavy atom. The number of non-ortho nitro benzene ring substituents is 1. The van der Waals surface area contributed by atoms with Crippen molar-refractivity contribution in [1.82, 2.24) is 4.98 Å². The number of thiazole rings is 1.